The highest BCUT2D eigenvalue weighted by atomic mass is 32.2. The van der Waals surface area contributed by atoms with Gasteiger partial charge in [0.25, 0.3) is 5.91 Å². The summed E-state index contributed by atoms with van der Waals surface area (Å²) < 4.78 is 9.80. The molecule has 3 aliphatic rings. The van der Waals surface area contributed by atoms with Crippen LogP contribution in [0.2, 0.25) is 0 Å². The number of thioether (sulfide) groups is 2. The number of amides is 1. The largest absolute Gasteiger partial charge is 0.427 e. The Balaban J connectivity index is 1.45. The number of rotatable bonds is 12. The van der Waals surface area contributed by atoms with Crippen molar-refractivity contribution < 1.29 is 23.9 Å². The zero-order chi connectivity index (χ0) is 29.0. The van der Waals surface area contributed by atoms with Crippen molar-refractivity contribution in [3.8, 4) is 0 Å². The lowest BCUT2D eigenvalue weighted by atomic mass is 9.94. The smallest absolute Gasteiger partial charge is 0.333 e. The summed E-state index contributed by atoms with van der Waals surface area (Å²) in [5.74, 6) is 0.722. The first kappa shape index (κ1) is 32.1. The van der Waals surface area contributed by atoms with Gasteiger partial charge in [0.1, 0.15) is 11.4 Å². The van der Waals surface area contributed by atoms with Crippen LogP contribution < -0.4 is 0 Å². The quantitative estimate of drug-likeness (QED) is 0.112. The molecule has 11 heteroatoms. The number of ether oxygens (including phenoxy) is 2. The first-order valence-electron chi connectivity index (χ1n) is 14.2. The second kappa shape index (κ2) is 13.5. The van der Waals surface area contributed by atoms with Crippen molar-refractivity contribution in [1.82, 2.24) is 14.7 Å². The number of nitrogens with zero attached hydrogens (tertiary/aromatic N) is 4. The number of esters is 2. The molecular weight excluding hydrogens is 536 g/mol. The molecule has 0 aromatic carbocycles. The highest BCUT2D eigenvalue weighted by molar-refractivity contribution is 8.01. The molecule has 0 radical (unpaired) electrons. The fraction of sp³-hybridized carbons (Fsp3) is 0.857. The van der Waals surface area contributed by atoms with E-state index in [1.165, 1.54) is 5.75 Å². The van der Waals surface area contributed by atoms with E-state index in [1.807, 2.05) is 20.2 Å². The molecule has 0 N–H and O–H groups in total. The Kier molecular flexibility index (Phi) is 11.1. The van der Waals surface area contributed by atoms with Crippen LogP contribution in [0, 0.1) is 11.3 Å². The molecule has 3 fully saturated rings. The van der Waals surface area contributed by atoms with E-state index in [1.54, 1.807) is 37.4 Å². The number of fused-ring (bicyclic) bond motifs is 1. The normalized spacial score (nSPS) is 26.1. The molecule has 39 heavy (non-hydrogen) atoms. The molecule has 4 atom stereocenters. The van der Waals surface area contributed by atoms with E-state index in [0.717, 1.165) is 45.6 Å². The maximum atomic E-state index is 13.0. The van der Waals surface area contributed by atoms with Crippen LogP contribution >= 0.6 is 23.5 Å². The van der Waals surface area contributed by atoms with Crippen LogP contribution in [0.25, 0.3) is 0 Å². The summed E-state index contributed by atoms with van der Waals surface area (Å²) in [6, 6.07) is -1.23. The lowest BCUT2D eigenvalue weighted by molar-refractivity contribution is -0.179. The zero-order valence-corrected chi connectivity index (χ0v) is 26.6. The van der Waals surface area contributed by atoms with Gasteiger partial charge in [0.15, 0.2) is 6.04 Å². The van der Waals surface area contributed by atoms with E-state index in [4.69, 9.17) is 9.47 Å². The summed E-state index contributed by atoms with van der Waals surface area (Å²) in [5.41, 5.74) is -0.684. The molecule has 0 bridgehead atoms. The Morgan fingerprint density at radius 1 is 1.21 bits per heavy atom. The monoisotopic (exact) mass is 584 g/mol. The van der Waals surface area contributed by atoms with E-state index in [0.29, 0.717) is 11.2 Å². The third-order valence-electron chi connectivity index (χ3n) is 7.95. The van der Waals surface area contributed by atoms with Gasteiger partial charge in [-0.3, -0.25) is 14.6 Å². The molecule has 0 saturated carbocycles. The topological polar surface area (TPSA) is 91.8 Å². The lowest BCUT2D eigenvalue weighted by Gasteiger charge is -2.42. The highest BCUT2D eigenvalue weighted by Crippen LogP contribution is 2.52. The third-order valence-corrected chi connectivity index (χ3v) is 10.8. The second-order valence-electron chi connectivity index (χ2n) is 12.2. The number of piperidine rings is 1. The van der Waals surface area contributed by atoms with Gasteiger partial charge >= 0.3 is 11.9 Å². The molecule has 3 heterocycles. The SMILES string of the molecule is CCN(CC)CCSC(C)C1CCN(C=N[C@@H]2C(=O)N3[C@@H]2SC(C)(C)[C@@H]3C(=O)OCOC(=O)C(C)(C)C)CC1. The summed E-state index contributed by atoms with van der Waals surface area (Å²) in [6.07, 6.45) is 4.11. The van der Waals surface area contributed by atoms with Crippen molar-refractivity contribution in [2.24, 2.45) is 16.3 Å². The van der Waals surface area contributed by atoms with Crippen LogP contribution in [0.3, 0.4) is 0 Å². The molecule has 0 spiro atoms. The number of hydrogen-bond acceptors (Lipinski definition) is 9. The van der Waals surface area contributed by atoms with E-state index in [9.17, 15) is 14.4 Å². The van der Waals surface area contributed by atoms with Crippen molar-refractivity contribution in [2.75, 3.05) is 45.3 Å². The number of carbonyl (C=O) groups is 3. The number of aliphatic imine (C=N–C) groups is 1. The predicted octanol–water partition coefficient (Wildman–Crippen LogP) is 3.71. The molecule has 3 aliphatic heterocycles. The summed E-state index contributed by atoms with van der Waals surface area (Å²) in [5, 5.41) is 0.449. The van der Waals surface area contributed by atoms with Gasteiger partial charge < -0.3 is 24.2 Å². The lowest BCUT2D eigenvalue weighted by Crippen LogP contribution is -2.65. The number of likely N-dealkylation sites (tertiary alicyclic amines) is 1. The Bertz CT molecular complexity index is 897. The van der Waals surface area contributed by atoms with Crippen molar-refractivity contribution in [3.63, 3.8) is 0 Å². The fourth-order valence-corrected chi connectivity index (χ4v) is 8.16. The van der Waals surface area contributed by atoms with Gasteiger partial charge in [-0.15, -0.1) is 11.8 Å². The van der Waals surface area contributed by atoms with Crippen LogP contribution in [-0.2, 0) is 23.9 Å². The summed E-state index contributed by atoms with van der Waals surface area (Å²) in [4.78, 5) is 48.8. The summed E-state index contributed by atoms with van der Waals surface area (Å²) in [7, 11) is 0. The van der Waals surface area contributed by atoms with Gasteiger partial charge in [0.2, 0.25) is 6.79 Å². The maximum Gasteiger partial charge on any atom is 0.333 e. The standard InChI is InChI=1S/C28H48N4O5S2/c1-9-30(10-2)15-16-38-19(3)20-11-13-31(14-12-20)17-29-21-23(33)32-22(28(7,8)39-24(21)32)25(34)36-18-37-26(35)27(4,5)6/h17,19-22,24H,9-16,18H2,1-8H3/t19?,21-,22+,24-/m1/s1. The highest BCUT2D eigenvalue weighted by Gasteiger charge is 2.64. The average Bonchev–Trinajstić information content (AvgIpc) is 3.13. The van der Waals surface area contributed by atoms with E-state index >= 15 is 0 Å². The van der Waals surface area contributed by atoms with Crippen molar-refractivity contribution in [2.45, 2.75) is 95.7 Å². The molecule has 3 rings (SSSR count). The molecule has 1 amide bonds. The molecule has 1 unspecified atom stereocenters. The molecule has 222 valence electrons. The first-order chi connectivity index (χ1) is 18.3. The van der Waals surface area contributed by atoms with Crippen LogP contribution in [-0.4, -0.2) is 112 Å². The van der Waals surface area contributed by atoms with Gasteiger partial charge in [-0.1, -0.05) is 20.8 Å². The number of carbonyl (C=O) groups excluding carboxylic acids is 3. The molecule has 0 aromatic heterocycles. The van der Waals surface area contributed by atoms with Gasteiger partial charge in [-0.05, 0) is 66.5 Å². The van der Waals surface area contributed by atoms with Crippen LogP contribution in [0.15, 0.2) is 4.99 Å². The fourth-order valence-electron chi connectivity index (χ4n) is 5.26. The van der Waals surface area contributed by atoms with Gasteiger partial charge in [0.05, 0.1) is 11.8 Å². The zero-order valence-electron chi connectivity index (χ0n) is 25.0. The maximum absolute atomic E-state index is 13.0. The number of β-lactam (4-membered cyclic amide) rings is 1. The van der Waals surface area contributed by atoms with Crippen molar-refractivity contribution in [1.29, 1.82) is 0 Å². The van der Waals surface area contributed by atoms with Crippen LogP contribution in [0.5, 0.6) is 0 Å². The van der Waals surface area contributed by atoms with Gasteiger partial charge in [0, 0.05) is 35.4 Å². The van der Waals surface area contributed by atoms with Gasteiger partial charge in [-0.25, -0.2) is 4.79 Å². The Labute approximate surface area is 243 Å². The van der Waals surface area contributed by atoms with Crippen molar-refractivity contribution >= 4 is 47.7 Å². The molecule has 0 aliphatic carbocycles. The van der Waals surface area contributed by atoms with E-state index in [-0.39, 0.29) is 11.3 Å². The Morgan fingerprint density at radius 2 is 1.85 bits per heavy atom. The third kappa shape index (κ3) is 7.85. The van der Waals surface area contributed by atoms with Crippen LogP contribution in [0.1, 0.15) is 68.2 Å². The van der Waals surface area contributed by atoms with Crippen LogP contribution in [0.4, 0.5) is 0 Å². The molecule has 0 aromatic rings. The second-order valence-corrected chi connectivity index (χ2v) is 15.5. The predicted molar refractivity (Wildman–Crippen MR) is 159 cm³/mol. The minimum absolute atomic E-state index is 0.156. The average molecular weight is 585 g/mol. The molecular formula is C28H48N4O5S2. The summed E-state index contributed by atoms with van der Waals surface area (Å²) >= 11 is 3.66. The summed E-state index contributed by atoms with van der Waals surface area (Å²) in [6.45, 7) is 20.7. The number of hydrogen-bond donors (Lipinski definition) is 0. The van der Waals surface area contributed by atoms with E-state index in [2.05, 4.69) is 47.3 Å². The van der Waals surface area contributed by atoms with Crippen molar-refractivity contribution in [3.05, 3.63) is 0 Å². The van der Waals surface area contributed by atoms with Gasteiger partial charge in [-0.2, -0.15) is 11.8 Å². The van der Waals surface area contributed by atoms with E-state index < -0.39 is 41.0 Å². The first-order valence-corrected chi connectivity index (χ1v) is 16.2. The Hall–Kier alpha value is -1.46. The Morgan fingerprint density at radius 3 is 2.44 bits per heavy atom. The minimum Gasteiger partial charge on any atom is -0.427 e. The molecule has 9 nitrogen and oxygen atoms in total. The molecule has 3 saturated heterocycles. The minimum atomic E-state index is -0.740.